The van der Waals surface area contributed by atoms with Gasteiger partial charge in [0.1, 0.15) is 28.6 Å². The quantitative estimate of drug-likeness (QED) is 0.829. The molecule has 5 nitrogen and oxygen atoms in total. The van der Waals surface area contributed by atoms with Crippen molar-refractivity contribution in [3.05, 3.63) is 34.7 Å². The summed E-state index contributed by atoms with van der Waals surface area (Å²) in [4.78, 5) is 7.48. The van der Waals surface area contributed by atoms with Crippen molar-refractivity contribution in [2.45, 2.75) is 13.5 Å². The van der Waals surface area contributed by atoms with Crippen LogP contribution in [0, 0.1) is 4.64 Å². The molecule has 0 bridgehead atoms. The highest BCUT2D eigenvalue weighted by Crippen LogP contribution is 2.32. The van der Waals surface area contributed by atoms with E-state index in [1.54, 1.807) is 20.3 Å². The molecule has 2 rings (SSSR count). The zero-order valence-electron chi connectivity index (χ0n) is 12.3. The molecule has 0 amide bonds. The Morgan fingerprint density at radius 2 is 2.00 bits per heavy atom. The average molecular weight is 306 g/mol. The van der Waals surface area contributed by atoms with Crippen LogP contribution < -0.4 is 9.47 Å². The summed E-state index contributed by atoms with van der Waals surface area (Å²) in [5.41, 5.74) is 1.73. The lowest BCUT2D eigenvalue weighted by Gasteiger charge is -2.11. The summed E-state index contributed by atoms with van der Waals surface area (Å²) in [5, 5.41) is 0. The fourth-order valence-corrected chi connectivity index (χ4v) is 2.17. The second-order valence-electron chi connectivity index (χ2n) is 4.28. The molecular formula is C15H18N2O3S. The number of rotatable bonds is 6. The first-order valence-electron chi connectivity index (χ1n) is 6.58. The number of H-pyrrole nitrogens is 1. The third kappa shape index (κ3) is 3.80. The molecule has 0 aliphatic rings. The Morgan fingerprint density at radius 3 is 2.67 bits per heavy atom. The van der Waals surface area contributed by atoms with Gasteiger partial charge in [0.05, 0.1) is 19.9 Å². The first kappa shape index (κ1) is 15.5. The lowest BCUT2D eigenvalue weighted by molar-refractivity contribution is 0.128. The molecule has 0 aliphatic heterocycles. The number of ether oxygens (including phenoxy) is 3. The van der Waals surface area contributed by atoms with E-state index >= 15 is 0 Å². The van der Waals surface area contributed by atoms with E-state index in [0.29, 0.717) is 29.4 Å². The van der Waals surface area contributed by atoms with Crippen molar-refractivity contribution >= 4 is 12.2 Å². The van der Waals surface area contributed by atoms with Crippen LogP contribution in [0.15, 0.2) is 24.3 Å². The highest BCUT2D eigenvalue weighted by molar-refractivity contribution is 7.71. The number of aromatic amines is 1. The molecular weight excluding hydrogens is 288 g/mol. The molecule has 0 unspecified atom stereocenters. The van der Waals surface area contributed by atoms with E-state index in [1.165, 1.54) is 0 Å². The first-order chi connectivity index (χ1) is 10.2. The van der Waals surface area contributed by atoms with Crippen molar-refractivity contribution in [1.29, 1.82) is 0 Å². The summed E-state index contributed by atoms with van der Waals surface area (Å²) in [6.45, 7) is 2.95. The molecule has 21 heavy (non-hydrogen) atoms. The fourth-order valence-electron chi connectivity index (χ4n) is 1.94. The molecule has 0 aliphatic carbocycles. The zero-order chi connectivity index (χ0) is 15.2. The molecule has 1 heterocycles. The average Bonchev–Trinajstić information content (AvgIpc) is 2.51. The number of methoxy groups -OCH3 is 2. The monoisotopic (exact) mass is 306 g/mol. The van der Waals surface area contributed by atoms with Crippen LogP contribution in [0.4, 0.5) is 0 Å². The number of benzene rings is 1. The van der Waals surface area contributed by atoms with Crippen LogP contribution in [-0.4, -0.2) is 30.8 Å². The van der Waals surface area contributed by atoms with Crippen molar-refractivity contribution in [2.75, 3.05) is 20.8 Å². The number of hydrogen-bond donors (Lipinski definition) is 1. The van der Waals surface area contributed by atoms with Gasteiger partial charge in [-0.3, -0.25) is 0 Å². The Bertz CT molecular complexity index is 670. The van der Waals surface area contributed by atoms with Crippen molar-refractivity contribution in [3.63, 3.8) is 0 Å². The minimum atomic E-state index is 0.395. The van der Waals surface area contributed by atoms with E-state index in [4.69, 9.17) is 26.4 Å². The zero-order valence-corrected chi connectivity index (χ0v) is 13.1. The smallest absolute Gasteiger partial charge is 0.134 e. The van der Waals surface area contributed by atoms with Gasteiger partial charge in [-0.2, -0.15) is 0 Å². The van der Waals surface area contributed by atoms with Gasteiger partial charge in [-0.05, 0) is 25.1 Å². The molecule has 112 valence electrons. The summed E-state index contributed by atoms with van der Waals surface area (Å²) in [6, 6.07) is 7.42. The minimum absolute atomic E-state index is 0.395. The number of hydrogen-bond acceptors (Lipinski definition) is 5. The van der Waals surface area contributed by atoms with E-state index in [1.807, 2.05) is 25.1 Å². The Hall–Kier alpha value is -1.92. The maximum Gasteiger partial charge on any atom is 0.134 e. The second-order valence-corrected chi connectivity index (χ2v) is 4.70. The largest absolute Gasteiger partial charge is 0.497 e. The summed E-state index contributed by atoms with van der Waals surface area (Å²) in [6.07, 6.45) is 0. The molecule has 6 heteroatoms. The molecule has 1 N–H and O–H groups in total. The molecule has 0 spiro atoms. The molecule has 0 atom stereocenters. The van der Waals surface area contributed by atoms with E-state index < -0.39 is 0 Å². The van der Waals surface area contributed by atoms with Crippen LogP contribution in [0.2, 0.25) is 0 Å². The molecule has 1 aromatic carbocycles. The Kier molecular flexibility index (Phi) is 5.30. The van der Waals surface area contributed by atoms with Crippen LogP contribution >= 0.6 is 12.2 Å². The van der Waals surface area contributed by atoms with Gasteiger partial charge in [0.25, 0.3) is 0 Å². The fraction of sp³-hybridized carbons (Fsp3) is 0.333. The third-order valence-electron chi connectivity index (χ3n) is 2.93. The van der Waals surface area contributed by atoms with Gasteiger partial charge in [-0.15, -0.1) is 0 Å². The van der Waals surface area contributed by atoms with E-state index in [9.17, 15) is 0 Å². The summed E-state index contributed by atoms with van der Waals surface area (Å²) >= 11 is 5.21. The molecule has 2 aromatic rings. The summed E-state index contributed by atoms with van der Waals surface area (Å²) in [5.74, 6) is 2.13. The Balaban J connectivity index is 2.45. The van der Waals surface area contributed by atoms with Crippen LogP contribution in [0.1, 0.15) is 12.7 Å². The molecule has 1 aromatic heterocycles. The molecule has 0 saturated heterocycles. The van der Waals surface area contributed by atoms with E-state index in [0.717, 1.165) is 17.0 Å². The van der Waals surface area contributed by atoms with Gasteiger partial charge in [0, 0.05) is 18.2 Å². The summed E-state index contributed by atoms with van der Waals surface area (Å²) in [7, 11) is 3.24. The van der Waals surface area contributed by atoms with Crippen molar-refractivity contribution in [1.82, 2.24) is 9.97 Å². The Labute approximate surface area is 128 Å². The van der Waals surface area contributed by atoms with E-state index in [-0.39, 0.29) is 0 Å². The minimum Gasteiger partial charge on any atom is -0.497 e. The standard InChI is InChI=1S/C15H18N2O3S/c1-4-20-9-14-16-12(8-15(21)17-14)11-6-5-10(18-2)7-13(11)19-3/h5-8H,4,9H2,1-3H3,(H,16,17,21). The van der Waals surface area contributed by atoms with Crippen LogP contribution in [-0.2, 0) is 11.3 Å². The topological polar surface area (TPSA) is 56.4 Å². The van der Waals surface area contributed by atoms with Crippen molar-refractivity contribution in [2.24, 2.45) is 0 Å². The lowest BCUT2D eigenvalue weighted by atomic mass is 10.1. The van der Waals surface area contributed by atoms with Gasteiger partial charge in [-0.1, -0.05) is 12.2 Å². The van der Waals surface area contributed by atoms with Gasteiger partial charge < -0.3 is 19.2 Å². The molecule has 0 saturated carbocycles. The van der Waals surface area contributed by atoms with Gasteiger partial charge in [0.15, 0.2) is 0 Å². The predicted molar refractivity (Wildman–Crippen MR) is 83.3 cm³/mol. The number of nitrogens with zero attached hydrogens (tertiary/aromatic N) is 1. The van der Waals surface area contributed by atoms with Crippen LogP contribution in [0.3, 0.4) is 0 Å². The highest BCUT2D eigenvalue weighted by Gasteiger charge is 2.09. The number of aromatic nitrogens is 2. The second kappa shape index (κ2) is 7.19. The molecule has 0 fully saturated rings. The van der Waals surface area contributed by atoms with Gasteiger partial charge in [0.2, 0.25) is 0 Å². The SMILES string of the molecule is CCOCc1nc(=S)cc(-c2ccc(OC)cc2OC)[nH]1. The first-order valence-corrected chi connectivity index (χ1v) is 6.99. The Morgan fingerprint density at radius 1 is 1.19 bits per heavy atom. The van der Waals surface area contributed by atoms with Gasteiger partial charge >= 0.3 is 0 Å². The maximum atomic E-state index is 5.42. The van der Waals surface area contributed by atoms with E-state index in [2.05, 4.69) is 9.97 Å². The lowest BCUT2D eigenvalue weighted by Crippen LogP contribution is -2.01. The number of nitrogens with one attached hydrogen (secondary N) is 1. The normalized spacial score (nSPS) is 10.4. The maximum absolute atomic E-state index is 5.42. The van der Waals surface area contributed by atoms with Gasteiger partial charge in [-0.25, -0.2) is 4.98 Å². The highest BCUT2D eigenvalue weighted by atomic mass is 32.1. The van der Waals surface area contributed by atoms with Crippen LogP contribution in [0.5, 0.6) is 11.5 Å². The predicted octanol–water partition coefficient (Wildman–Crippen LogP) is 3.36. The molecule has 0 radical (unpaired) electrons. The van der Waals surface area contributed by atoms with Crippen LogP contribution in [0.25, 0.3) is 11.3 Å². The summed E-state index contributed by atoms with van der Waals surface area (Å²) < 4.78 is 16.5. The van der Waals surface area contributed by atoms with Crippen molar-refractivity contribution in [3.8, 4) is 22.8 Å². The third-order valence-corrected chi connectivity index (χ3v) is 3.14. The van der Waals surface area contributed by atoms with Crippen molar-refractivity contribution < 1.29 is 14.2 Å².